The van der Waals surface area contributed by atoms with Gasteiger partial charge in [-0.15, -0.1) is 0 Å². The summed E-state index contributed by atoms with van der Waals surface area (Å²) in [5, 5.41) is 1.05. The van der Waals surface area contributed by atoms with Crippen LogP contribution in [-0.4, -0.2) is 24.1 Å². The van der Waals surface area contributed by atoms with Gasteiger partial charge in [0.15, 0.2) is 0 Å². The van der Waals surface area contributed by atoms with E-state index < -0.39 is 0 Å². The van der Waals surface area contributed by atoms with Crippen LogP contribution in [0.25, 0.3) is 39.5 Å². The zero-order chi connectivity index (χ0) is 21.7. The fourth-order valence-electron chi connectivity index (χ4n) is 3.99. The van der Waals surface area contributed by atoms with Gasteiger partial charge in [0.05, 0.1) is 15.9 Å². The first kappa shape index (κ1) is 19.0. The van der Waals surface area contributed by atoms with E-state index in [1.807, 2.05) is 54.9 Å². The average molecular weight is 440 g/mol. The van der Waals surface area contributed by atoms with Gasteiger partial charge in [-0.05, 0) is 37.1 Å². The summed E-state index contributed by atoms with van der Waals surface area (Å²) in [5.74, 6) is 1.96. The standard InChI is InChI=1S/C25H18ClN5O/c26-18-9-12-22(28-15-18)31-24(29-21-4-2-1-3-20(21)25(31)32)17-7-5-16(6-8-17)23-27-13-14-30(23)19-10-11-19/h1-9,12-15,19H,10-11H2. The van der Waals surface area contributed by atoms with Gasteiger partial charge in [-0.2, -0.15) is 0 Å². The van der Waals surface area contributed by atoms with Crippen LogP contribution >= 0.6 is 11.6 Å². The second-order valence-corrected chi connectivity index (χ2v) is 8.33. The van der Waals surface area contributed by atoms with Crippen LogP contribution in [0, 0.1) is 0 Å². The molecule has 3 heterocycles. The number of fused-ring (bicyclic) bond motifs is 1. The summed E-state index contributed by atoms with van der Waals surface area (Å²) in [7, 11) is 0. The van der Waals surface area contributed by atoms with Gasteiger partial charge in [0, 0.05) is 35.8 Å². The Kier molecular flexibility index (Phi) is 4.40. The number of rotatable bonds is 4. The van der Waals surface area contributed by atoms with Crippen LogP contribution in [0.3, 0.4) is 0 Å². The maximum absolute atomic E-state index is 13.4. The van der Waals surface area contributed by atoms with E-state index in [1.165, 1.54) is 19.0 Å². The zero-order valence-corrected chi connectivity index (χ0v) is 17.8. The van der Waals surface area contributed by atoms with E-state index in [4.69, 9.17) is 16.6 Å². The number of halogens is 1. The molecule has 0 bridgehead atoms. The van der Waals surface area contributed by atoms with E-state index in [2.05, 4.69) is 14.5 Å². The van der Waals surface area contributed by atoms with Gasteiger partial charge in [-0.3, -0.25) is 4.79 Å². The van der Waals surface area contributed by atoms with Crippen LogP contribution < -0.4 is 5.56 Å². The molecule has 1 aliphatic rings. The highest BCUT2D eigenvalue weighted by molar-refractivity contribution is 6.30. The highest BCUT2D eigenvalue weighted by atomic mass is 35.5. The van der Waals surface area contributed by atoms with Crippen LogP contribution in [-0.2, 0) is 0 Å². The van der Waals surface area contributed by atoms with E-state index in [0.29, 0.717) is 33.6 Å². The molecule has 0 amide bonds. The van der Waals surface area contributed by atoms with E-state index in [9.17, 15) is 4.79 Å². The average Bonchev–Trinajstić information content (AvgIpc) is 3.56. The summed E-state index contributed by atoms with van der Waals surface area (Å²) in [4.78, 5) is 27.2. The Labute approximate surface area is 188 Å². The number of imidazole rings is 1. The number of pyridine rings is 1. The van der Waals surface area contributed by atoms with Gasteiger partial charge in [-0.1, -0.05) is 48.0 Å². The first-order valence-electron chi connectivity index (χ1n) is 10.5. The van der Waals surface area contributed by atoms with Crippen molar-refractivity contribution >= 4 is 22.5 Å². The SMILES string of the molecule is O=c1c2ccccc2nc(-c2ccc(-c3nccn3C3CC3)cc2)n1-c1ccc(Cl)cn1. The van der Waals surface area contributed by atoms with Crippen molar-refractivity contribution < 1.29 is 0 Å². The lowest BCUT2D eigenvalue weighted by molar-refractivity contribution is 0.750. The van der Waals surface area contributed by atoms with Crippen molar-refractivity contribution in [1.29, 1.82) is 0 Å². The minimum Gasteiger partial charge on any atom is -0.328 e. The van der Waals surface area contributed by atoms with Crippen LogP contribution in [0.4, 0.5) is 0 Å². The van der Waals surface area contributed by atoms with Gasteiger partial charge in [0.1, 0.15) is 17.5 Å². The predicted molar refractivity (Wildman–Crippen MR) is 125 cm³/mol. The summed E-state index contributed by atoms with van der Waals surface area (Å²) in [6, 6.07) is 19.3. The highest BCUT2D eigenvalue weighted by Crippen LogP contribution is 2.38. The van der Waals surface area contributed by atoms with Crippen molar-refractivity contribution in [3.05, 3.63) is 94.6 Å². The molecule has 6 rings (SSSR count). The molecule has 0 saturated heterocycles. The smallest absolute Gasteiger partial charge is 0.267 e. The van der Waals surface area contributed by atoms with Crippen molar-refractivity contribution in [2.24, 2.45) is 0 Å². The molecule has 7 heteroatoms. The lowest BCUT2D eigenvalue weighted by Crippen LogP contribution is -2.22. The molecule has 32 heavy (non-hydrogen) atoms. The van der Waals surface area contributed by atoms with Crippen LogP contribution in [0.5, 0.6) is 0 Å². The summed E-state index contributed by atoms with van der Waals surface area (Å²) in [5.41, 5.74) is 2.32. The molecule has 0 aliphatic heterocycles. The van der Waals surface area contributed by atoms with Gasteiger partial charge < -0.3 is 4.57 Å². The Hall–Kier alpha value is -3.77. The van der Waals surface area contributed by atoms with Crippen molar-refractivity contribution in [2.75, 3.05) is 0 Å². The number of hydrogen-bond donors (Lipinski definition) is 0. The van der Waals surface area contributed by atoms with Crippen molar-refractivity contribution in [3.63, 3.8) is 0 Å². The molecule has 1 saturated carbocycles. The second kappa shape index (κ2) is 7.43. The molecule has 0 unspecified atom stereocenters. The lowest BCUT2D eigenvalue weighted by atomic mass is 10.1. The monoisotopic (exact) mass is 439 g/mol. The lowest BCUT2D eigenvalue weighted by Gasteiger charge is -2.14. The fourth-order valence-corrected chi connectivity index (χ4v) is 4.10. The Balaban J connectivity index is 1.52. The van der Waals surface area contributed by atoms with E-state index in [-0.39, 0.29) is 5.56 Å². The molecule has 0 N–H and O–H groups in total. The normalized spacial score (nSPS) is 13.5. The van der Waals surface area contributed by atoms with E-state index in [0.717, 1.165) is 17.0 Å². The molecule has 0 radical (unpaired) electrons. The quantitative estimate of drug-likeness (QED) is 0.381. The number of nitrogens with zero attached hydrogens (tertiary/aromatic N) is 5. The number of benzene rings is 2. The van der Waals surface area contributed by atoms with Gasteiger partial charge in [0.25, 0.3) is 5.56 Å². The first-order valence-corrected chi connectivity index (χ1v) is 10.8. The summed E-state index contributed by atoms with van der Waals surface area (Å²) >= 11 is 6.02. The fraction of sp³-hybridized carbons (Fsp3) is 0.120. The third-order valence-corrected chi connectivity index (χ3v) is 5.95. The minimum atomic E-state index is -0.172. The molecule has 3 aromatic heterocycles. The van der Waals surface area contributed by atoms with E-state index >= 15 is 0 Å². The molecule has 156 valence electrons. The van der Waals surface area contributed by atoms with Crippen LogP contribution in [0.2, 0.25) is 5.02 Å². The Bertz CT molecular complexity index is 1500. The largest absolute Gasteiger partial charge is 0.328 e. The van der Waals surface area contributed by atoms with Gasteiger partial charge in [0.2, 0.25) is 0 Å². The molecule has 5 aromatic rings. The number of aromatic nitrogens is 5. The maximum atomic E-state index is 13.4. The predicted octanol–water partition coefficient (Wildman–Crippen LogP) is 5.30. The maximum Gasteiger partial charge on any atom is 0.267 e. The summed E-state index contributed by atoms with van der Waals surface area (Å²) in [6.45, 7) is 0. The molecule has 6 nitrogen and oxygen atoms in total. The van der Waals surface area contributed by atoms with Crippen LogP contribution in [0.1, 0.15) is 18.9 Å². The van der Waals surface area contributed by atoms with E-state index in [1.54, 1.807) is 22.8 Å². The van der Waals surface area contributed by atoms with Gasteiger partial charge in [-0.25, -0.2) is 19.5 Å². The molecular formula is C25H18ClN5O. The minimum absolute atomic E-state index is 0.172. The third-order valence-electron chi connectivity index (χ3n) is 5.73. The number of para-hydroxylation sites is 1. The van der Waals surface area contributed by atoms with Gasteiger partial charge >= 0.3 is 0 Å². The summed E-state index contributed by atoms with van der Waals surface area (Å²) in [6.07, 6.45) is 7.81. The van der Waals surface area contributed by atoms with Crippen molar-refractivity contribution in [1.82, 2.24) is 24.1 Å². The number of hydrogen-bond acceptors (Lipinski definition) is 4. The van der Waals surface area contributed by atoms with Crippen molar-refractivity contribution in [3.8, 4) is 28.6 Å². The molecular weight excluding hydrogens is 422 g/mol. The second-order valence-electron chi connectivity index (χ2n) is 7.89. The van der Waals surface area contributed by atoms with Crippen molar-refractivity contribution in [2.45, 2.75) is 18.9 Å². The molecule has 2 aromatic carbocycles. The molecule has 1 fully saturated rings. The Morgan fingerprint density at radius 2 is 1.62 bits per heavy atom. The molecule has 1 aliphatic carbocycles. The highest BCUT2D eigenvalue weighted by Gasteiger charge is 2.26. The zero-order valence-electron chi connectivity index (χ0n) is 17.0. The topological polar surface area (TPSA) is 65.6 Å². The Morgan fingerprint density at radius 3 is 2.34 bits per heavy atom. The molecule has 0 spiro atoms. The molecule has 0 atom stereocenters. The van der Waals surface area contributed by atoms with Crippen LogP contribution in [0.15, 0.2) is 84.0 Å². The third kappa shape index (κ3) is 3.20. The first-order chi connectivity index (χ1) is 15.7. The summed E-state index contributed by atoms with van der Waals surface area (Å²) < 4.78 is 3.77. The Morgan fingerprint density at radius 1 is 0.875 bits per heavy atom.